The molecule has 0 aliphatic carbocycles. The van der Waals surface area contributed by atoms with Crippen molar-refractivity contribution in [1.29, 1.82) is 0 Å². The maximum atomic E-state index is 13.0. The van der Waals surface area contributed by atoms with Crippen LogP contribution in [0.4, 0.5) is 10.1 Å². The highest BCUT2D eigenvalue weighted by Crippen LogP contribution is 2.20. The lowest BCUT2D eigenvalue weighted by atomic mass is 10.1. The molecule has 7 heteroatoms. The van der Waals surface area contributed by atoms with E-state index in [0.29, 0.717) is 10.7 Å². The van der Waals surface area contributed by atoms with Crippen molar-refractivity contribution in [3.8, 4) is 0 Å². The Morgan fingerprint density at radius 2 is 1.70 bits per heavy atom. The van der Waals surface area contributed by atoms with E-state index in [0.717, 1.165) is 5.56 Å². The maximum Gasteiger partial charge on any atom is 0.244 e. The van der Waals surface area contributed by atoms with Crippen LogP contribution in [0, 0.1) is 5.82 Å². The van der Waals surface area contributed by atoms with Crippen molar-refractivity contribution in [2.75, 3.05) is 32.5 Å². The molecule has 0 heterocycles. The lowest BCUT2D eigenvalue weighted by Crippen LogP contribution is -2.41. The van der Waals surface area contributed by atoms with Gasteiger partial charge in [-0.15, -0.1) is 0 Å². The molecule has 0 aliphatic rings. The third-order valence-electron chi connectivity index (χ3n) is 4.35. The highest BCUT2D eigenvalue weighted by atomic mass is 35.5. The van der Waals surface area contributed by atoms with Gasteiger partial charge in [0, 0.05) is 13.1 Å². The quantitative estimate of drug-likeness (QED) is 0.785. The molecule has 0 saturated heterocycles. The van der Waals surface area contributed by atoms with Gasteiger partial charge in [-0.1, -0.05) is 35.9 Å². The minimum Gasteiger partial charge on any atom is -0.335 e. The molecular formula is C20H23ClFN3O2. The summed E-state index contributed by atoms with van der Waals surface area (Å²) in [5.41, 5.74) is 1.41. The number of nitrogens with zero attached hydrogens (tertiary/aromatic N) is 2. The Kier molecular flexibility index (Phi) is 7.33. The number of amides is 2. The van der Waals surface area contributed by atoms with Crippen molar-refractivity contribution in [2.45, 2.75) is 13.0 Å². The average Bonchev–Trinajstić information content (AvgIpc) is 2.63. The number of carbonyl (C=O) groups is 2. The number of benzene rings is 2. The van der Waals surface area contributed by atoms with E-state index in [9.17, 15) is 14.0 Å². The highest BCUT2D eigenvalue weighted by molar-refractivity contribution is 6.33. The van der Waals surface area contributed by atoms with Crippen LogP contribution < -0.4 is 5.32 Å². The summed E-state index contributed by atoms with van der Waals surface area (Å²) in [5.74, 6) is -0.817. The van der Waals surface area contributed by atoms with Gasteiger partial charge in [-0.25, -0.2) is 4.39 Å². The first-order chi connectivity index (χ1) is 12.8. The number of para-hydroxylation sites is 1. The Morgan fingerprint density at radius 3 is 2.33 bits per heavy atom. The molecule has 0 fully saturated rings. The molecule has 0 radical (unpaired) electrons. The number of hydrogen-bond donors (Lipinski definition) is 1. The molecule has 0 bridgehead atoms. The van der Waals surface area contributed by atoms with E-state index in [1.165, 1.54) is 17.0 Å². The zero-order chi connectivity index (χ0) is 20.0. The van der Waals surface area contributed by atoms with Gasteiger partial charge in [-0.3, -0.25) is 14.5 Å². The van der Waals surface area contributed by atoms with Crippen molar-refractivity contribution >= 4 is 29.1 Å². The van der Waals surface area contributed by atoms with E-state index in [1.807, 2.05) is 18.9 Å². The fourth-order valence-electron chi connectivity index (χ4n) is 2.52. The minimum atomic E-state index is -0.326. The van der Waals surface area contributed by atoms with Gasteiger partial charge in [0.15, 0.2) is 0 Å². The van der Waals surface area contributed by atoms with Crippen molar-refractivity contribution < 1.29 is 14.0 Å². The number of likely N-dealkylation sites (N-methyl/N-ethyl adjacent to an activating group) is 2. The zero-order valence-corrected chi connectivity index (χ0v) is 16.3. The zero-order valence-electron chi connectivity index (χ0n) is 15.6. The Hall–Kier alpha value is -2.44. The standard InChI is InChI=1S/C20H23ClFN3O2/c1-14(15-8-10-16(22)11-9-15)24(2)13-20(27)25(3)12-19(26)23-18-7-5-4-6-17(18)21/h4-11,14H,12-13H2,1-3H3,(H,23,26)/t14-/m0/s1. The number of hydrogen-bond acceptors (Lipinski definition) is 3. The molecule has 1 N–H and O–H groups in total. The lowest BCUT2D eigenvalue weighted by Gasteiger charge is -2.27. The number of halogens is 2. The van der Waals surface area contributed by atoms with Gasteiger partial charge in [0.25, 0.3) is 0 Å². The normalized spacial score (nSPS) is 11.9. The summed E-state index contributed by atoms with van der Waals surface area (Å²) in [6, 6.07) is 13.0. The molecule has 0 spiro atoms. The van der Waals surface area contributed by atoms with Crippen LogP contribution in [0.25, 0.3) is 0 Å². The monoisotopic (exact) mass is 391 g/mol. The highest BCUT2D eigenvalue weighted by Gasteiger charge is 2.19. The van der Waals surface area contributed by atoms with Crippen LogP contribution in [-0.2, 0) is 9.59 Å². The average molecular weight is 392 g/mol. The molecule has 0 aromatic heterocycles. The van der Waals surface area contributed by atoms with E-state index < -0.39 is 0 Å². The van der Waals surface area contributed by atoms with Crippen LogP contribution in [0.5, 0.6) is 0 Å². The van der Waals surface area contributed by atoms with Crippen LogP contribution in [0.1, 0.15) is 18.5 Å². The Bertz CT molecular complexity index is 798. The molecule has 2 aromatic carbocycles. The lowest BCUT2D eigenvalue weighted by molar-refractivity contribution is -0.134. The second-order valence-electron chi connectivity index (χ2n) is 6.42. The summed E-state index contributed by atoms with van der Waals surface area (Å²) in [4.78, 5) is 27.8. The number of anilines is 1. The molecule has 27 heavy (non-hydrogen) atoms. The number of rotatable bonds is 7. The first-order valence-electron chi connectivity index (χ1n) is 8.52. The molecule has 0 saturated carbocycles. The van der Waals surface area contributed by atoms with Crippen molar-refractivity contribution in [3.05, 3.63) is 64.9 Å². The fraction of sp³-hybridized carbons (Fsp3) is 0.300. The van der Waals surface area contributed by atoms with Crippen LogP contribution in [-0.4, -0.2) is 48.8 Å². The summed E-state index contributed by atoms with van der Waals surface area (Å²) in [6.07, 6.45) is 0. The minimum absolute atomic E-state index is 0.0695. The Labute approximate surface area is 163 Å². The second-order valence-corrected chi connectivity index (χ2v) is 6.83. The Balaban J connectivity index is 1.87. The van der Waals surface area contributed by atoms with Gasteiger partial charge in [-0.2, -0.15) is 0 Å². The number of carbonyl (C=O) groups excluding carboxylic acids is 2. The molecule has 2 rings (SSSR count). The van der Waals surface area contributed by atoms with Gasteiger partial charge in [-0.05, 0) is 43.8 Å². The molecule has 5 nitrogen and oxygen atoms in total. The van der Waals surface area contributed by atoms with Crippen molar-refractivity contribution in [3.63, 3.8) is 0 Å². The summed E-state index contributed by atoms with van der Waals surface area (Å²) in [5, 5.41) is 3.13. The third kappa shape index (κ3) is 6.05. The Morgan fingerprint density at radius 1 is 1.07 bits per heavy atom. The van der Waals surface area contributed by atoms with E-state index in [4.69, 9.17) is 11.6 Å². The first-order valence-corrected chi connectivity index (χ1v) is 8.89. The summed E-state index contributed by atoms with van der Waals surface area (Å²) < 4.78 is 13.0. The van der Waals surface area contributed by atoms with Gasteiger partial charge in [0.2, 0.25) is 11.8 Å². The van der Waals surface area contributed by atoms with Crippen LogP contribution in [0.15, 0.2) is 48.5 Å². The van der Waals surface area contributed by atoms with Gasteiger partial charge >= 0.3 is 0 Å². The smallest absolute Gasteiger partial charge is 0.244 e. The third-order valence-corrected chi connectivity index (χ3v) is 4.68. The molecule has 1 atom stereocenters. The first kappa shape index (κ1) is 20.9. The van der Waals surface area contributed by atoms with Crippen LogP contribution in [0.3, 0.4) is 0 Å². The van der Waals surface area contributed by atoms with Gasteiger partial charge < -0.3 is 10.2 Å². The van der Waals surface area contributed by atoms with Crippen molar-refractivity contribution in [1.82, 2.24) is 9.80 Å². The second kappa shape index (κ2) is 9.48. The van der Waals surface area contributed by atoms with Crippen molar-refractivity contribution in [2.24, 2.45) is 0 Å². The van der Waals surface area contributed by atoms with E-state index in [-0.39, 0.29) is 36.8 Å². The molecule has 0 aliphatic heterocycles. The van der Waals surface area contributed by atoms with E-state index in [2.05, 4.69) is 5.32 Å². The van der Waals surface area contributed by atoms with E-state index in [1.54, 1.807) is 43.4 Å². The predicted octanol–water partition coefficient (Wildman–Crippen LogP) is 3.57. The largest absolute Gasteiger partial charge is 0.335 e. The molecule has 2 aromatic rings. The maximum absolute atomic E-state index is 13.0. The topological polar surface area (TPSA) is 52.7 Å². The molecule has 144 valence electrons. The molecule has 0 unspecified atom stereocenters. The summed E-state index contributed by atoms with van der Waals surface area (Å²) in [6.45, 7) is 1.99. The van der Waals surface area contributed by atoms with Gasteiger partial charge in [0.05, 0.1) is 23.8 Å². The SMILES string of the molecule is C[C@@H](c1ccc(F)cc1)N(C)CC(=O)N(C)CC(=O)Nc1ccccc1Cl. The summed E-state index contributed by atoms with van der Waals surface area (Å²) in [7, 11) is 3.38. The predicted molar refractivity (Wildman–Crippen MR) is 105 cm³/mol. The van der Waals surface area contributed by atoms with E-state index >= 15 is 0 Å². The fourth-order valence-corrected chi connectivity index (χ4v) is 2.71. The van der Waals surface area contributed by atoms with Gasteiger partial charge in [0.1, 0.15) is 5.82 Å². The molecular weight excluding hydrogens is 369 g/mol. The molecule has 2 amide bonds. The van der Waals surface area contributed by atoms with Crippen LogP contribution >= 0.6 is 11.6 Å². The number of nitrogens with one attached hydrogen (secondary N) is 1. The summed E-state index contributed by atoms with van der Waals surface area (Å²) >= 11 is 6.01. The van der Waals surface area contributed by atoms with Crippen LogP contribution in [0.2, 0.25) is 5.02 Å².